The summed E-state index contributed by atoms with van der Waals surface area (Å²) in [6, 6.07) is 4.08. The first kappa shape index (κ1) is 21.4. The maximum atomic E-state index is 12.0. The number of carbonyl (C=O) groups excluding carboxylic acids is 1. The molecule has 3 rings (SSSR count). The molecule has 1 saturated heterocycles. The van der Waals surface area contributed by atoms with E-state index in [1.54, 1.807) is 22.7 Å². The number of rotatable bonds is 6. The quantitative estimate of drug-likeness (QED) is 0.765. The van der Waals surface area contributed by atoms with Crippen molar-refractivity contribution in [1.82, 2.24) is 15.6 Å². The molecule has 134 valence electrons. The van der Waals surface area contributed by atoms with Crippen LogP contribution >= 0.6 is 47.5 Å². The van der Waals surface area contributed by atoms with Gasteiger partial charge >= 0.3 is 0 Å². The third-order valence-corrected chi connectivity index (χ3v) is 5.83. The molecule has 4 nitrogen and oxygen atoms in total. The molecule has 1 amide bonds. The van der Waals surface area contributed by atoms with E-state index in [9.17, 15) is 4.79 Å². The SMILES string of the molecule is Cl.Cl.O=C(Cc1csc(-c2cccs2)n1)NCCC1CCCNC1. The van der Waals surface area contributed by atoms with Crippen molar-refractivity contribution in [3.8, 4) is 9.88 Å². The predicted octanol–water partition coefficient (Wildman–Crippen LogP) is 3.76. The van der Waals surface area contributed by atoms with Crippen molar-refractivity contribution < 1.29 is 4.79 Å². The molecule has 1 fully saturated rings. The zero-order valence-corrected chi connectivity index (χ0v) is 16.6. The Kier molecular flexibility index (Phi) is 9.85. The van der Waals surface area contributed by atoms with Gasteiger partial charge in [0, 0.05) is 11.9 Å². The van der Waals surface area contributed by atoms with Gasteiger partial charge in [-0.05, 0) is 49.7 Å². The summed E-state index contributed by atoms with van der Waals surface area (Å²) in [4.78, 5) is 17.7. The van der Waals surface area contributed by atoms with Crippen LogP contribution < -0.4 is 10.6 Å². The van der Waals surface area contributed by atoms with E-state index in [0.29, 0.717) is 12.3 Å². The summed E-state index contributed by atoms with van der Waals surface area (Å²) in [6.45, 7) is 3.00. The molecule has 0 saturated carbocycles. The van der Waals surface area contributed by atoms with Crippen LogP contribution in [0.1, 0.15) is 25.0 Å². The van der Waals surface area contributed by atoms with Gasteiger partial charge in [-0.2, -0.15) is 0 Å². The van der Waals surface area contributed by atoms with Crippen LogP contribution in [0.4, 0.5) is 0 Å². The minimum atomic E-state index is 0. The Labute approximate surface area is 163 Å². The summed E-state index contributed by atoms with van der Waals surface area (Å²) in [5, 5.41) is 11.5. The highest BCUT2D eigenvalue weighted by Crippen LogP contribution is 2.27. The van der Waals surface area contributed by atoms with Crippen molar-refractivity contribution in [3.63, 3.8) is 0 Å². The summed E-state index contributed by atoms with van der Waals surface area (Å²) in [5.74, 6) is 0.783. The van der Waals surface area contributed by atoms with Gasteiger partial charge in [-0.3, -0.25) is 4.79 Å². The van der Waals surface area contributed by atoms with E-state index >= 15 is 0 Å². The average Bonchev–Trinajstić information content (AvgIpc) is 3.19. The maximum absolute atomic E-state index is 12.0. The number of hydrogen-bond donors (Lipinski definition) is 2. The second-order valence-corrected chi connectivity index (χ2v) is 7.45. The monoisotopic (exact) mass is 407 g/mol. The van der Waals surface area contributed by atoms with Gasteiger partial charge in [-0.1, -0.05) is 6.07 Å². The molecule has 8 heteroatoms. The maximum Gasteiger partial charge on any atom is 0.226 e. The smallest absolute Gasteiger partial charge is 0.226 e. The zero-order chi connectivity index (χ0) is 15.2. The molecule has 24 heavy (non-hydrogen) atoms. The van der Waals surface area contributed by atoms with Crippen LogP contribution in [0.15, 0.2) is 22.9 Å². The topological polar surface area (TPSA) is 54.0 Å². The molecule has 1 aliphatic rings. The van der Waals surface area contributed by atoms with Crippen molar-refractivity contribution >= 4 is 53.4 Å². The molecule has 1 aliphatic heterocycles. The molecule has 2 aromatic rings. The van der Waals surface area contributed by atoms with Crippen molar-refractivity contribution in [1.29, 1.82) is 0 Å². The van der Waals surface area contributed by atoms with Crippen LogP contribution in [0, 0.1) is 5.92 Å². The molecule has 0 aliphatic carbocycles. The summed E-state index contributed by atoms with van der Waals surface area (Å²) < 4.78 is 0. The van der Waals surface area contributed by atoms with Gasteiger partial charge in [0.15, 0.2) is 0 Å². The highest BCUT2D eigenvalue weighted by Gasteiger charge is 2.13. The molecular formula is C16H23Cl2N3OS2. The normalized spacial score (nSPS) is 16.8. The van der Waals surface area contributed by atoms with Crippen molar-refractivity contribution in [2.45, 2.75) is 25.7 Å². The van der Waals surface area contributed by atoms with E-state index in [4.69, 9.17) is 0 Å². The van der Waals surface area contributed by atoms with Gasteiger partial charge < -0.3 is 10.6 Å². The van der Waals surface area contributed by atoms with Crippen LogP contribution in [0.3, 0.4) is 0 Å². The van der Waals surface area contributed by atoms with Gasteiger partial charge in [0.25, 0.3) is 0 Å². The Balaban J connectivity index is 0.00000144. The van der Waals surface area contributed by atoms with E-state index in [1.165, 1.54) is 17.7 Å². The van der Waals surface area contributed by atoms with Gasteiger partial charge in [-0.15, -0.1) is 47.5 Å². The van der Waals surface area contributed by atoms with E-state index in [-0.39, 0.29) is 30.7 Å². The fourth-order valence-corrected chi connectivity index (χ4v) is 4.35. The summed E-state index contributed by atoms with van der Waals surface area (Å²) >= 11 is 3.29. The fraction of sp³-hybridized carbons (Fsp3) is 0.500. The molecule has 1 atom stereocenters. The number of carbonyl (C=O) groups is 1. The Hall–Kier alpha value is -0.660. The summed E-state index contributed by atoms with van der Waals surface area (Å²) in [7, 11) is 0. The number of aromatic nitrogens is 1. The zero-order valence-electron chi connectivity index (χ0n) is 13.3. The Morgan fingerprint density at radius 1 is 1.38 bits per heavy atom. The molecule has 2 N–H and O–H groups in total. The molecule has 0 radical (unpaired) electrons. The van der Waals surface area contributed by atoms with Crippen LogP contribution in [0.2, 0.25) is 0 Å². The lowest BCUT2D eigenvalue weighted by atomic mass is 9.96. The standard InChI is InChI=1S/C16H21N3OS2.2ClH/c20-15(18-7-5-12-3-1-6-17-10-12)9-13-11-22-16(19-13)14-4-2-8-21-14;;/h2,4,8,11-12,17H,1,3,5-7,9-10H2,(H,18,20);2*1H. The molecular weight excluding hydrogens is 385 g/mol. The lowest BCUT2D eigenvalue weighted by Gasteiger charge is -2.22. The second-order valence-electron chi connectivity index (χ2n) is 5.65. The summed E-state index contributed by atoms with van der Waals surface area (Å²) in [6.07, 6.45) is 3.98. The third-order valence-electron chi connectivity index (χ3n) is 3.90. The number of piperidine rings is 1. The third kappa shape index (κ3) is 6.33. The highest BCUT2D eigenvalue weighted by molar-refractivity contribution is 7.20. The number of hydrogen-bond acceptors (Lipinski definition) is 5. The number of thiophene rings is 1. The lowest BCUT2D eigenvalue weighted by Crippen LogP contribution is -2.33. The molecule has 2 aromatic heterocycles. The number of thiazole rings is 1. The van der Waals surface area contributed by atoms with Crippen molar-refractivity contribution in [3.05, 3.63) is 28.6 Å². The molecule has 3 heterocycles. The van der Waals surface area contributed by atoms with Gasteiger partial charge in [0.2, 0.25) is 5.91 Å². The minimum absolute atomic E-state index is 0. The van der Waals surface area contributed by atoms with Crippen LogP contribution in [0.25, 0.3) is 9.88 Å². The fourth-order valence-electron chi connectivity index (χ4n) is 2.71. The number of halogens is 2. The first-order chi connectivity index (χ1) is 10.8. The molecule has 0 spiro atoms. The molecule has 0 bridgehead atoms. The van der Waals surface area contributed by atoms with Gasteiger partial charge in [0.1, 0.15) is 5.01 Å². The van der Waals surface area contributed by atoms with Crippen LogP contribution in [-0.4, -0.2) is 30.5 Å². The molecule has 1 unspecified atom stereocenters. The van der Waals surface area contributed by atoms with E-state index < -0.39 is 0 Å². The summed E-state index contributed by atoms with van der Waals surface area (Å²) in [5.41, 5.74) is 0.866. The Bertz CT molecular complexity index is 598. The first-order valence-corrected chi connectivity index (χ1v) is 9.53. The first-order valence-electron chi connectivity index (χ1n) is 7.77. The van der Waals surface area contributed by atoms with Crippen molar-refractivity contribution in [2.24, 2.45) is 5.92 Å². The number of nitrogens with one attached hydrogen (secondary N) is 2. The Morgan fingerprint density at radius 2 is 2.25 bits per heavy atom. The lowest BCUT2D eigenvalue weighted by molar-refractivity contribution is -0.120. The van der Waals surface area contributed by atoms with E-state index in [1.807, 2.05) is 16.8 Å². The molecule has 0 aromatic carbocycles. The van der Waals surface area contributed by atoms with E-state index in [2.05, 4.69) is 21.7 Å². The largest absolute Gasteiger partial charge is 0.356 e. The van der Waals surface area contributed by atoms with Gasteiger partial charge in [-0.25, -0.2) is 4.98 Å². The predicted molar refractivity (Wildman–Crippen MR) is 107 cm³/mol. The van der Waals surface area contributed by atoms with Crippen LogP contribution in [-0.2, 0) is 11.2 Å². The Morgan fingerprint density at radius 3 is 2.96 bits per heavy atom. The van der Waals surface area contributed by atoms with E-state index in [0.717, 1.165) is 36.8 Å². The second kappa shape index (κ2) is 11.1. The highest BCUT2D eigenvalue weighted by atomic mass is 35.5. The number of nitrogens with zero attached hydrogens (tertiary/aromatic N) is 1. The van der Waals surface area contributed by atoms with Gasteiger partial charge in [0.05, 0.1) is 17.0 Å². The number of amides is 1. The van der Waals surface area contributed by atoms with Crippen LogP contribution in [0.5, 0.6) is 0 Å². The average molecular weight is 408 g/mol. The van der Waals surface area contributed by atoms with Crippen molar-refractivity contribution in [2.75, 3.05) is 19.6 Å². The minimum Gasteiger partial charge on any atom is -0.356 e.